The van der Waals surface area contributed by atoms with Gasteiger partial charge in [-0.05, 0) is 73.8 Å². The van der Waals surface area contributed by atoms with Crippen LogP contribution in [0.4, 0.5) is 0 Å². The number of nitrogens with one attached hydrogen (secondary N) is 4. The average molecular weight is 865 g/mol. The van der Waals surface area contributed by atoms with Crippen molar-refractivity contribution in [2.75, 3.05) is 32.8 Å². The Bertz CT molecular complexity index is 2030. The number of nitrogens with two attached hydrogens (primary N) is 1. The van der Waals surface area contributed by atoms with Crippen LogP contribution in [0.15, 0.2) is 85.1 Å². The van der Waals surface area contributed by atoms with Crippen LogP contribution >= 0.6 is 19.4 Å². The molecule has 0 radical (unpaired) electrons. The number of benzene rings is 3. The monoisotopic (exact) mass is 864 g/mol. The second-order valence-corrected chi connectivity index (χ2v) is 16.9. The van der Waals surface area contributed by atoms with Crippen LogP contribution in [0.25, 0.3) is 21.8 Å². The van der Waals surface area contributed by atoms with E-state index in [9.17, 15) is 19.0 Å². The normalized spacial score (nSPS) is 13.4. The van der Waals surface area contributed by atoms with Crippen molar-refractivity contribution in [1.82, 2.24) is 25.5 Å². The highest BCUT2D eigenvalue weighted by molar-refractivity contribution is 7.47. The zero-order valence-electron chi connectivity index (χ0n) is 35.6. The molecule has 328 valence electrons. The second kappa shape index (κ2) is 26.2. The van der Waals surface area contributed by atoms with Crippen molar-refractivity contribution in [3.63, 3.8) is 0 Å². The zero-order valence-corrected chi connectivity index (χ0v) is 37.2. The van der Waals surface area contributed by atoms with Gasteiger partial charge < -0.3 is 35.8 Å². The number of H-pyrrole nitrogens is 2. The molecule has 1 unspecified atom stereocenters. The van der Waals surface area contributed by atoms with Crippen molar-refractivity contribution in [2.45, 2.75) is 110 Å². The Kier molecular flexibility index (Phi) is 21.2. The Morgan fingerprint density at radius 3 is 2.05 bits per heavy atom. The Balaban J connectivity index is 0.00000104. The Morgan fingerprint density at radius 2 is 1.40 bits per heavy atom. The van der Waals surface area contributed by atoms with Gasteiger partial charge in [0.05, 0.1) is 17.7 Å². The first kappa shape index (κ1) is 48.5. The van der Waals surface area contributed by atoms with Crippen molar-refractivity contribution in [3.8, 4) is 5.75 Å². The number of amides is 2. The summed E-state index contributed by atoms with van der Waals surface area (Å²) in [7, 11) is -4.21. The highest BCUT2D eigenvalue weighted by Crippen LogP contribution is 2.45. The van der Waals surface area contributed by atoms with Crippen LogP contribution in [0.5, 0.6) is 5.75 Å². The van der Waals surface area contributed by atoms with E-state index in [1.165, 1.54) is 25.7 Å². The van der Waals surface area contributed by atoms with Crippen LogP contribution in [0, 0.1) is 0 Å². The highest BCUT2D eigenvalue weighted by Gasteiger charge is 2.26. The number of fused-ring (bicyclic) bond motifs is 2. The first-order valence-electron chi connectivity index (χ1n) is 21.6. The fraction of sp³-hybridized carbons (Fsp3) is 0.478. The second-order valence-electron chi connectivity index (χ2n) is 15.1. The standard InChI is InChI=1S/C40H51ClN5O6P.C6H15N/c41-33-19-11-14-22-38(33)52-53(49,50)51-24-16-8-6-4-2-1-3-5-7-15-23-43-40(48)37(26-30-28-44-36-21-13-10-18-32(30)36)46-39(47)34(42)27-31-25-29-17-9-12-20-35(29)45-31;1-4-7(5-2)6-3/h9-14,17-22,25,28,34,37,44-45H,1-8,15-16,23-24,26-27,42H2,(H,43,48)(H,46,47)(H,49,50);4-6H2,1-3H3/t34-,37+;/m1./s1. The largest absolute Gasteiger partial charge is 0.527 e. The van der Waals surface area contributed by atoms with E-state index in [0.29, 0.717) is 25.8 Å². The minimum atomic E-state index is -4.21. The van der Waals surface area contributed by atoms with Crippen molar-refractivity contribution in [3.05, 3.63) is 101 Å². The van der Waals surface area contributed by atoms with Gasteiger partial charge in [-0.3, -0.25) is 19.0 Å². The number of para-hydroxylation sites is 3. The van der Waals surface area contributed by atoms with Gasteiger partial charge in [0, 0.05) is 47.7 Å². The average Bonchev–Trinajstić information content (AvgIpc) is 3.85. The van der Waals surface area contributed by atoms with Crippen LogP contribution < -0.4 is 20.9 Å². The number of unbranched alkanes of at least 4 members (excludes halogenated alkanes) is 9. The number of phosphoric acid groups is 1. The Hall–Kier alpha value is -4.16. The van der Waals surface area contributed by atoms with Gasteiger partial charge in [-0.15, -0.1) is 0 Å². The molecule has 0 bridgehead atoms. The first-order chi connectivity index (χ1) is 29.0. The van der Waals surface area contributed by atoms with Crippen molar-refractivity contribution < 1.29 is 28.1 Å². The number of carbonyl (C=O) groups excluding carboxylic acids is 2. The number of aromatic nitrogens is 2. The third-order valence-corrected chi connectivity index (χ3v) is 11.9. The molecule has 0 aliphatic heterocycles. The lowest BCUT2D eigenvalue weighted by Gasteiger charge is -2.21. The lowest BCUT2D eigenvalue weighted by atomic mass is 10.0. The molecule has 7 N–H and O–H groups in total. The molecule has 3 atom stereocenters. The summed E-state index contributed by atoms with van der Waals surface area (Å²) < 4.78 is 22.3. The molecule has 3 aromatic carbocycles. The van der Waals surface area contributed by atoms with E-state index in [1.807, 2.05) is 60.8 Å². The van der Waals surface area contributed by atoms with E-state index >= 15 is 0 Å². The number of aromatic amines is 2. The van der Waals surface area contributed by atoms with Crippen LogP contribution in [-0.2, 0) is 31.5 Å². The molecule has 5 aromatic rings. The molecule has 0 aliphatic carbocycles. The van der Waals surface area contributed by atoms with Gasteiger partial charge in [0.25, 0.3) is 0 Å². The zero-order chi connectivity index (χ0) is 43.2. The van der Waals surface area contributed by atoms with E-state index in [1.54, 1.807) is 18.2 Å². The van der Waals surface area contributed by atoms with Crippen molar-refractivity contribution >= 4 is 53.0 Å². The van der Waals surface area contributed by atoms with Gasteiger partial charge in [-0.25, -0.2) is 4.57 Å². The van der Waals surface area contributed by atoms with Gasteiger partial charge in [0.2, 0.25) is 11.8 Å². The molecule has 2 aromatic heterocycles. The maximum atomic E-state index is 13.4. The molecule has 2 heterocycles. The molecule has 14 heteroatoms. The molecular weight excluding hydrogens is 799 g/mol. The topological polar surface area (TPSA) is 175 Å². The van der Waals surface area contributed by atoms with Gasteiger partial charge in [0.1, 0.15) is 11.8 Å². The molecule has 0 spiro atoms. The number of rotatable bonds is 26. The maximum Gasteiger partial charge on any atom is 0.527 e. The highest BCUT2D eigenvalue weighted by atomic mass is 35.5. The van der Waals surface area contributed by atoms with Gasteiger partial charge in [-0.1, -0.05) is 132 Å². The number of hydrogen-bond acceptors (Lipinski definition) is 7. The third kappa shape index (κ3) is 16.7. The molecule has 2 amide bonds. The van der Waals surface area contributed by atoms with Crippen LogP contribution in [0.2, 0.25) is 5.02 Å². The molecule has 12 nitrogen and oxygen atoms in total. The predicted octanol–water partition coefficient (Wildman–Crippen LogP) is 9.46. The summed E-state index contributed by atoms with van der Waals surface area (Å²) in [5.41, 5.74) is 10.1. The summed E-state index contributed by atoms with van der Waals surface area (Å²) in [6, 6.07) is 22.7. The molecular formula is C46H66ClN6O6P. The molecule has 0 saturated carbocycles. The number of carbonyl (C=O) groups is 2. The van der Waals surface area contributed by atoms with Gasteiger partial charge >= 0.3 is 7.82 Å². The fourth-order valence-electron chi connectivity index (χ4n) is 7.08. The SMILES string of the molecule is CCN(CC)CC.N[C@H](Cc1cc2ccccc2[nH]1)C(=O)N[C@@H](Cc1c[nH]c2ccccc12)C(=O)NCCCCCCCCCCCCOP(=O)(O)Oc1ccccc1Cl. The van der Waals surface area contributed by atoms with Crippen molar-refractivity contribution in [1.29, 1.82) is 0 Å². The van der Waals surface area contributed by atoms with Crippen molar-refractivity contribution in [2.24, 2.45) is 5.73 Å². The molecule has 60 heavy (non-hydrogen) atoms. The number of phosphoric ester groups is 1. The summed E-state index contributed by atoms with van der Waals surface area (Å²) in [5.74, 6) is -0.468. The molecule has 0 aliphatic rings. The maximum absolute atomic E-state index is 13.4. The van der Waals surface area contributed by atoms with Crippen LogP contribution in [0.3, 0.4) is 0 Å². The first-order valence-corrected chi connectivity index (χ1v) is 23.5. The number of halogens is 1. The number of nitrogens with zero attached hydrogens (tertiary/aromatic N) is 1. The molecule has 5 rings (SSSR count). The Labute approximate surface area is 360 Å². The number of hydrogen-bond donors (Lipinski definition) is 6. The summed E-state index contributed by atoms with van der Waals surface area (Å²) in [5, 5.41) is 8.32. The van der Waals surface area contributed by atoms with E-state index in [-0.39, 0.29) is 29.2 Å². The van der Waals surface area contributed by atoms with Gasteiger partial charge in [-0.2, -0.15) is 0 Å². The quantitative estimate of drug-likeness (QED) is 0.0236. The van der Waals surface area contributed by atoms with Gasteiger partial charge in [0.15, 0.2) is 0 Å². The predicted molar refractivity (Wildman–Crippen MR) is 244 cm³/mol. The lowest BCUT2D eigenvalue weighted by molar-refractivity contribution is -0.129. The van der Waals surface area contributed by atoms with Crippen LogP contribution in [0.1, 0.15) is 96.2 Å². The minimum absolute atomic E-state index is 0.121. The summed E-state index contributed by atoms with van der Waals surface area (Å²) in [6.45, 7) is 10.8. The third-order valence-electron chi connectivity index (χ3n) is 10.6. The molecule has 0 fully saturated rings. The summed E-state index contributed by atoms with van der Waals surface area (Å²) >= 11 is 5.98. The van der Waals surface area contributed by atoms with E-state index in [0.717, 1.165) is 90.9 Å². The summed E-state index contributed by atoms with van der Waals surface area (Å²) in [4.78, 5) is 45.6. The van der Waals surface area contributed by atoms with E-state index in [2.05, 4.69) is 46.3 Å². The van der Waals surface area contributed by atoms with E-state index in [4.69, 9.17) is 26.4 Å². The Morgan fingerprint density at radius 1 is 0.800 bits per heavy atom. The fourth-order valence-corrected chi connectivity index (χ4v) is 8.13. The minimum Gasteiger partial charge on any atom is -0.403 e. The lowest BCUT2D eigenvalue weighted by Crippen LogP contribution is -2.53. The van der Waals surface area contributed by atoms with E-state index < -0.39 is 19.9 Å². The summed E-state index contributed by atoms with van der Waals surface area (Å²) in [6.07, 6.45) is 12.6. The molecule has 0 saturated heterocycles. The van der Waals surface area contributed by atoms with Crippen LogP contribution in [-0.4, -0.2) is 76.4 Å². The smallest absolute Gasteiger partial charge is 0.403 e.